The molecule has 0 aliphatic carbocycles. The van der Waals surface area contributed by atoms with Gasteiger partial charge in [-0.25, -0.2) is 0 Å². The summed E-state index contributed by atoms with van der Waals surface area (Å²) in [5, 5.41) is 24.6. The first kappa shape index (κ1) is 22.9. The fraction of sp³-hybridized carbons (Fsp3) is 0.429. The van der Waals surface area contributed by atoms with Crippen molar-refractivity contribution in [2.45, 2.75) is 32.6 Å². The molecule has 0 bridgehead atoms. The number of allylic oxidation sites excluding steroid dienone is 1. The summed E-state index contributed by atoms with van der Waals surface area (Å²) in [5.41, 5.74) is 8.72. The molecule has 1 aromatic heterocycles. The highest BCUT2D eigenvalue weighted by Crippen LogP contribution is 2.50. The van der Waals surface area contributed by atoms with Gasteiger partial charge >= 0.3 is 0 Å². The van der Waals surface area contributed by atoms with E-state index in [1.54, 1.807) is 27.2 Å². The van der Waals surface area contributed by atoms with E-state index < -0.39 is 5.92 Å². The number of nitrogens with two attached hydrogens (primary N) is 1. The van der Waals surface area contributed by atoms with Gasteiger partial charge < -0.3 is 29.8 Å². The topological polar surface area (TPSA) is 136 Å². The van der Waals surface area contributed by atoms with Crippen LogP contribution in [-0.2, 0) is 6.42 Å². The van der Waals surface area contributed by atoms with Gasteiger partial charge in [0, 0.05) is 17.9 Å². The number of rotatable bonds is 6. The highest BCUT2D eigenvalue weighted by atomic mass is 16.5. The summed E-state index contributed by atoms with van der Waals surface area (Å²) in [6.07, 6.45) is 1.67. The number of hydrogen-bond donors (Lipinski definition) is 3. The molecular weight excluding hydrogens is 388 g/mol. The smallest absolute Gasteiger partial charge is 0.244 e. The van der Waals surface area contributed by atoms with Crippen molar-refractivity contribution in [2.75, 3.05) is 27.9 Å². The van der Waals surface area contributed by atoms with Crippen LogP contribution in [-0.4, -0.2) is 43.2 Å². The van der Waals surface area contributed by atoms with Gasteiger partial charge in [-0.1, -0.05) is 19.4 Å². The molecule has 1 aliphatic rings. The average molecular weight is 416 g/mol. The zero-order chi connectivity index (χ0) is 22.3. The van der Waals surface area contributed by atoms with Crippen molar-refractivity contribution in [3.8, 4) is 29.2 Å². The molecular formula is C21H28N4O5. The van der Waals surface area contributed by atoms with Crippen molar-refractivity contribution >= 4 is 0 Å². The standard InChI is InChI=1S/C19H22N4O4.C2H6O/c1-5-6-12-15-14(11(9-20)18(21)27-19(15)23-22-12)10-7-8-13(24-2)17(26-4)16(10)25-3;1-2-3/h7-8,14H,5-6,21H2,1-4H3,(H,22,23);3H,2H2,1H3. The molecule has 1 atom stereocenters. The highest BCUT2D eigenvalue weighted by molar-refractivity contribution is 5.64. The van der Waals surface area contributed by atoms with Crippen LogP contribution < -0.4 is 24.7 Å². The van der Waals surface area contributed by atoms with Gasteiger partial charge in [0.2, 0.25) is 17.5 Å². The monoisotopic (exact) mass is 416 g/mol. The fourth-order valence-corrected chi connectivity index (χ4v) is 3.41. The Morgan fingerprint density at radius 1 is 1.20 bits per heavy atom. The molecule has 0 saturated heterocycles. The number of aromatic nitrogens is 2. The van der Waals surface area contributed by atoms with E-state index in [1.165, 1.54) is 7.11 Å². The Hall–Kier alpha value is -3.38. The predicted octanol–water partition coefficient (Wildman–Crippen LogP) is 2.60. The molecule has 162 valence electrons. The summed E-state index contributed by atoms with van der Waals surface area (Å²) in [6, 6.07) is 5.79. The lowest BCUT2D eigenvalue weighted by Crippen LogP contribution is -2.21. The second-order valence-corrected chi connectivity index (χ2v) is 6.34. The molecule has 0 spiro atoms. The zero-order valence-electron chi connectivity index (χ0n) is 17.9. The van der Waals surface area contributed by atoms with Gasteiger partial charge in [-0.3, -0.25) is 5.10 Å². The predicted molar refractivity (Wildman–Crippen MR) is 111 cm³/mol. The van der Waals surface area contributed by atoms with Crippen molar-refractivity contribution in [3.05, 3.63) is 40.4 Å². The summed E-state index contributed by atoms with van der Waals surface area (Å²) in [5.74, 6) is 1.36. The minimum atomic E-state index is -0.492. The highest BCUT2D eigenvalue weighted by Gasteiger charge is 2.37. The van der Waals surface area contributed by atoms with Crippen LogP contribution in [0, 0.1) is 11.3 Å². The molecule has 9 heteroatoms. The van der Waals surface area contributed by atoms with Crippen LogP contribution in [0.4, 0.5) is 0 Å². The second-order valence-electron chi connectivity index (χ2n) is 6.34. The Kier molecular flexibility index (Phi) is 7.95. The van der Waals surface area contributed by atoms with Gasteiger partial charge in [0.15, 0.2) is 11.5 Å². The molecule has 0 saturated carbocycles. The summed E-state index contributed by atoms with van der Waals surface area (Å²) in [6.45, 7) is 4.00. The third-order valence-electron chi connectivity index (χ3n) is 4.56. The van der Waals surface area contributed by atoms with E-state index in [2.05, 4.69) is 23.2 Å². The second kappa shape index (κ2) is 10.4. The third kappa shape index (κ3) is 4.14. The zero-order valence-corrected chi connectivity index (χ0v) is 17.9. The first-order valence-electron chi connectivity index (χ1n) is 9.57. The van der Waals surface area contributed by atoms with E-state index in [0.29, 0.717) is 28.7 Å². The summed E-state index contributed by atoms with van der Waals surface area (Å²) in [4.78, 5) is 0. The van der Waals surface area contributed by atoms with Gasteiger partial charge in [0.25, 0.3) is 0 Å². The lowest BCUT2D eigenvalue weighted by molar-refractivity contribution is 0.318. The number of hydrogen-bond acceptors (Lipinski definition) is 8. The minimum Gasteiger partial charge on any atom is -0.493 e. The number of fused-ring (bicyclic) bond motifs is 1. The lowest BCUT2D eigenvalue weighted by Gasteiger charge is -2.26. The molecule has 9 nitrogen and oxygen atoms in total. The Labute approximate surface area is 176 Å². The lowest BCUT2D eigenvalue weighted by atomic mass is 9.82. The molecule has 30 heavy (non-hydrogen) atoms. The number of aliphatic hydroxyl groups excluding tert-OH is 1. The van der Waals surface area contributed by atoms with E-state index in [4.69, 9.17) is 29.8 Å². The molecule has 1 aromatic carbocycles. The van der Waals surface area contributed by atoms with Gasteiger partial charge in [0.05, 0.1) is 32.8 Å². The van der Waals surface area contributed by atoms with Crippen LogP contribution in [0.1, 0.15) is 43.0 Å². The number of benzene rings is 1. The fourth-order valence-electron chi connectivity index (χ4n) is 3.41. The SMILES string of the molecule is CCCc1[nH]nc2c1C(c1ccc(OC)c(OC)c1OC)C(C#N)=C(N)O2.CCO. The maximum absolute atomic E-state index is 9.77. The molecule has 1 unspecified atom stereocenters. The minimum absolute atomic E-state index is 0.0291. The van der Waals surface area contributed by atoms with Crippen LogP contribution >= 0.6 is 0 Å². The van der Waals surface area contributed by atoms with E-state index in [-0.39, 0.29) is 12.5 Å². The van der Waals surface area contributed by atoms with Crippen molar-refractivity contribution < 1.29 is 24.1 Å². The molecule has 3 rings (SSSR count). The van der Waals surface area contributed by atoms with Crippen LogP contribution in [0.5, 0.6) is 23.1 Å². The third-order valence-corrected chi connectivity index (χ3v) is 4.56. The Bertz CT molecular complexity index is 946. The first-order valence-corrected chi connectivity index (χ1v) is 9.57. The Morgan fingerprint density at radius 3 is 2.40 bits per heavy atom. The molecule has 0 fully saturated rings. The van der Waals surface area contributed by atoms with Gasteiger partial charge in [-0.05, 0) is 19.4 Å². The van der Waals surface area contributed by atoms with Gasteiger partial charge in [0.1, 0.15) is 11.6 Å². The normalized spacial score (nSPS) is 14.6. The van der Waals surface area contributed by atoms with Crippen molar-refractivity contribution in [1.29, 1.82) is 5.26 Å². The van der Waals surface area contributed by atoms with Gasteiger partial charge in [-0.15, -0.1) is 5.10 Å². The number of aliphatic hydroxyl groups is 1. The van der Waals surface area contributed by atoms with Crippen LogP contribution in [0.15, 0.2) is 23.6 Å². The first-order chi connectivity index (χ1) is 14.5. The maximum atomic E-state index is 9.77. The van der Waals surface area contributed by atoms with E-state index in [1.807, 2.05) is 6.07 Å². The molecule has 2 heterocycles. The number of methoxy groups -OCH3 is 3. The number of ether oxygens (including phenoxy) is 4. The van der Waals surface area contributed by atoms with Crippen LogP contribution in [0.2, 0.25) is 0 Å². The molecule has 4 N–H and O–H groups in total. The molecule has 0 radical (unpaired) electrons. The summed E-state index contributed by atoms with van der Waals surface area (Å²) < 4.78 is 22.1. The number of aryl methyl sites for hydroxylation is 1. The van der Waals surface area contributed by atoms with Crippen molar-refractivity contribution in [3.63, 3.8) is 0 Å². The van der Waals surface area contributed by atoms with E-state index in [0.717, 1.165) is 29.7 Å². The summed E-state index contributed by atoms with van der Waals surface area (Å²) >= 11 is 0. The quantitative estimate of drug-likeness (QED) is 0.654. The molecule has 1 aliphatic heterocycles. The number of aromatic amines is 1. The average Bonchev–Trinajstić information content (AvgIpc) is 3.14. The molecule has 2 aromatic rings. The molecule has 0 amide bonds. The van der Waals surface area contributed by atoms with E-state index in [9.17, 15) is 5.26 Å². The van der Waals surface area contributed by atoms with E-state index >= 15 is 0 Å². The van der Waals surface area contributed by atoms with Crippen LogP contribution in [0.25, 0.3) is 0 Å². The number of H-pyrrole nitrogens is 1. The number of nitrogens with zero attached hydrogens (tertiary/aromatic N) is 2. The van der Waals surface area contributed by atoms with Crippen molar-refractivity contribution in [1.82, 2.24) is 10.2 Å². The summed E-state index contributed by atoms with van der Waals surface area (Å²) in [7, 11) is 4.63. The Balaban J connectivity index is 0.00000101. The van der Waals surface area contributed by atoms with Crippen molar-refractivity contribution in [2.24, 2.45) is 5.73 Å². The largest absolute Gasteiger partial charge is 0.493 e. The number of nitrogens with one attached hydrogen (secondary N) is 1. The van der Waals surface area contributed by atoms with Crippen LogP contribution in [0.3, 0.4) is 0 Å². The Morgan fingerprint density at radius 2 is 1.87 bits per heavy atom. The van der Waals surface area contributed by atoms with Gasteiger partial charge in [-0.2, -0.15) is 5.26 Å². The number of nitriles is 1. The maximum Gasteiger partial charge on any atom is 0.244 e.